The minimum absolute atomic E-state index is 0.104. The van der Waals surface area contributed by atoms with Crippen LogP contribution in [0.4, 0.5) is 0 Å². The lowest BCUT2D eigenvalue weighted by Crippen LogP contribution is -2.53. The number of amides is 2. The molecule has 2 aromatic rings. The minimum atomic E-state index is -0.179. The van der Waals surface area contributed by atoms with E-state index in [4.69, 9.17) is 0 Å². The molecular weight excluding hydrogens is 368 g/mol. The Labute approximate surface area is 170 Å². The van der Waals surface area contributed by atoms with Crippen LogP contribution in [0.15, 0.2) is 48.5 Å². The normalized spacial score (nSPS) is 18.5. The van der Waals surface area contributed by atoms with Gasteiger partial charge >= 0.3 is 0 Å². The molecule has 0 aromatic heterocycles. The van der Waals surface area contributed by atoms with E-state index in [2.05, 4.69) is 4.90 Å². The molecule has 0 radical (unpaired) electrons. The Balaban J connectivity index is 1.50. The van der Waals surface area contributed by atoms with E-state index in [0.29, 0.717) is 13.1 Å². The monoisotopic (exact) mass is 394 g/mol. The second kappa shape index (κ2) is 7.63. The molecule has 4 nitrogen and oxygen atoms in total. The summed E-state index contributed by atoms with van der Waals surface area (Å²) in [6.45, 7) is 6.14. The third-order valence-electron chi connectivity index (χ3n) is 6.01. The maximum Gasteiger partial charge on any atom is 0.255 e. The number of hydrogen-bond donors (Lipinski definition) is 0. The van der Waals surface area contributed by atoms with Crippen LogP contribution < -0.4 is 0 Å². The van der Waals surface area contributed by atoms with Crippen molar-refractivity contribution in [1.82, 2.24) is 9.80 Å². The molecule has 0 N–H and O–H groups in total. The van der Waals surface area contributed by atoms with E-state index in [9.17, 15) is 9.59 Å². The van der Waals surface area contributed by atoms with Crippen molar-refractivity contribution >= 4 is 23.6 Å². The quantitative estimate of drug-likeness (QED) is 0.769. The molecule has 2 aromatic carbocycles. The van der Waals surface area contributed by atoms with Gasteiger partial charge in [-0.05, 0) is 49.9 Å². The molecule has 0 saturated carbocycles. The van der Waals surface area contributed by atoms with Gasteiger partial charge in [0.15, 0.2) is 0 Å². The van der Waals surface area contributed by atoms with Gasteiger partial charge in [0.1, 0.15) is 0 Å². The van der Waals surface area contributed by atoms with Gasteiger partial charge in [0, 0.05) is 36.5 Å². The van der Waals surface area contributed by atoms with Crippen LogP contribution in [-0.2, 0) is 0 Å². The van der Waals surface area contributed by atoms with Crippen molar-refractivity contribution in [3.63, 3.8) is 0 Å². The van der Waals surface area contributed by atoms with Crippen LogP contribution >= 0.6 is 11.8 Å². The fourth-order valence-electron chi connectivity index (χ4n) is 4.31. The van der Waals surface area contributed by atoms with Crippen LogP contribution in [0, 0.1) is 13.8 Å². The average molecular weight is 395 g/mol. The van der Waals surface area contributed by atoms with Crippen LogP contribution in [0.5, 0.6) is 0 Å². The lowest BCUT2D eigenvalue weighted by molar-refractivity contribution is 0.0497. The fourth-order valence-corrected chi connectivity index (χ4v) is 5.77. The van der Waals surface area contributed by atoms with Gasteiger partial charge in [-0.1, -0.05) is 36.4 Å². The molecule has 4 rings (SSSR count). The van der Waals surface area contributed by atoms with Crippen LogP contribution in [0.3, 0.4) is 0 Å². The van der Waals surface area contributed by atoms with Gasteiger partial charge < -0.3 is 9.80 Å². The summed E-state index contributed by atoms with van der Waals surface area (Å²) in [4.78, 5) is 30.0. The van der Waals surface area contributed by atoms with Gasteiger partial charge in [0.05, 0.1) is 4.87 Å². The lowest BCUT2D eigenvalue weighted by atomic mass is 9.98. The van der Waals surface area contributed by atoms with E-state index >= 15 is 0 Å². The first-order chi connectivity index (χ1) is 13.5. The molecule has 1 spiro atoms. The van der Waals surface area contributed by atoms with Crippen molar-refractivity contribution in [2.45, 2.75) is 31.6 Å². The SMILES string of the molecule is Cc1ccccc1C(=O)N1CCC2(CC1)SCCN2C(=O)c1ccccc1C. The topological polar surface area (TPSA) is 40.6 Å². The van der Waals surface area contributed by atoms with Gasteiger partial charge in [-0.15, -0.1) is 11.8 Å². The number of carbonyl (C=O) groups is 2. The van der Waals surface area contributed by atoms with E-state index < -0.39 is 0 Å². The second-order valence-corrected chi connectivity index (χ2v) is 9.13. The number of thioether (sulfide) groups is 1. The third-order valence-corrected chi connectivity index (χ3v) is 7.56. The molecule has 2 aliphatic heterocycles. The Morgan fingerprint density at radius 3 is 1.93 bits per heavy atom. The second-order valence-electron chi connectivity index (χ2n) is 7.67. The number of hydrogen-bond acceptors (Lipinski definition) is 3. The molecule has 2 heterocycles. The van der Waals surface area contributed by atoms with Crippen molar-refractivity contribution in [1.29, 1.82) is 0 Å². The number of piperidine rings is 1. The molecule has 0 atom stereocenters. The molecule has 2 saturated heterocycles. The summed E-state index contributed by atoms with van der Waals surface area (Å²) in [5.74, 6) is 1.19. The first-order valence-electron chi connectivity index (χ1n) is 9.88. The Morgan fingerprint density at radius 2 is 1.36 bits per heavy atom. The van der Waals surface area contributed by atoms with Crippen LogP contribution in [0.25, 0.3) is 0 Å². The summed E-state index contributed by atoms with van der Waals surface area (Å²) in [5, 5.41) is 0. The molecular formula is C23H26N2O2S. The number of nitrogens with zero attached hydrogens (tertiary/aromatic N) is 2. The summed E-state index contributed by atoms with van der Waals surface area (Å²) in [5.41, 5.74) is 3.61. The lowest BCUT2D eigenvalue weighted by Gasteiger charge is -2.44. The van der Waals surface area contributed by atoms with Gasteiger partial charge in [-0.25, -0.2) is 0 Å². The predicted octanol–water partition coefficient (Wildman–Crippen LogP) is 4.12. The maximum atomic E-state index is 13.3. The molecule has 2 amide bonds. The smallest absolute Gasteiger partial charge is 0.255 e. The summed E-state index contributed by atoms with van der Waals surface area (Å²) in [7, 11) is 0. The highest BCUT2D eigenvalue weighted by atomic mass is 32.2. The minimum Gasteiger partial charge on any atom is -0.338 e. The number of rotatable bonds is 2. The highest BCUT2D eigenvalue weighted by Crippen LogP contribution is 2.44. The van der Waals surface area contributed by atoms with Gasteiger partial charge in [0.2, 0.25) is 0 Å². The van der Waals surface area contributed by atoms with Crippen LogP contribution in [0.1, 0.15) is 44.7 Å². The number of aryl methyl sites for hydroxylation is 2. The van der Waals surface area contributed by atoms with Gasteiger partial charge in [-0.3, -0.25) is 9.59 Å². The highest BCUT2D eigenvalue weighted by molar-refractivity contribution is 8.00. The molecule has 5 heteroatoms. The Bertz CT molecular complexity index is 903. The van der Waals surface area contributed by atoms with E-state index in [1.54, 1.807) is 0 Å². The molecule has 2 fully saturated rings. The summed E-state index contributed by atoms with van der Waals surface area (Å²) < 4.78 is 0. The van der Waals surface area contributed by atoms with E-state index in [0.717, 1.165) is 47.4 Å². The maximum absolute atomic E-state index is 13.3. The Kier molecular flexibility index (Phi) is 5.19. The fraction of sp³-hybridized carbons (Fsp3) is 0.391. The van der Waals surface area contributed by atoms with E-state index in [1.165, 1.54) is 0 Å². The number of benzene rings is 2. The van der Waals surface area contributed by atoms with Crippen molar-refractivity contribution in [3.8, 4) is 0 Å². The van der Waals surface area contributed by atoms with Crippen LogP contribution in [-0.4, -0.2) is 51.9 Å². The molecule has 2 aliphatic rings. The summed E-state index contributed by atoms with van der Waals surface area (Å²) >= 11 is 1.88. The number of likely N-dealkylation sites (tertiary alicyclic amines) is 1. The van der Waals surface area contributed by atoms with E-state index in [1.807, 2.05) is 79.0 Å². The zero-order valence-corrected chi connectivity index (χ0v) is 17.3. The van der Waals surface area contributed by atoms with Crippen molar-refractivity contribution in [2.75, 3.05) is 25.4 Å². The van der Waals surface area contributed by atoms with Crippen molar-refractivity contribution in [2.24, 2.45) is 0 Å². The number of carbonyl (C=O) groups excluding carboxylic acids is 2. The highest BCUT2D eigenvalue weighted by Gasteiger charge is 2.47. The first-order valence-corrected chi connectivity index (χ1v) is 10.9. The van der Waals surface area contributed by atoms with Gasteiger partial charge in [-0.2, -0.15) is 0 Å². The van der Waals surface area contributed by atoms with Crippen molar-refractivity contribution < 1.29 is 9.59 Å². The third kappa shape index (κ3) is 3.32. The first kappa shape index (κ1) is 19.1. The predicted molar refractivity (Wildman–Crippen MR) is 114 cm³/mol. The molecule has 0 unspecified atom stereocenters. The Morgan fingerprint density at radius 1 is 0.821 bits per heavy atom. The molecule has 28 heavy (non-hydrogen) atoms. The summed E-state index contributed by atoms with van der Waals surface area (Å²) in [6.07, 6.45) is 1.65. The average Bonchev–Trinajstić information content (AvgIpc) is 3.11. The molecule has 0 aliphatic carbocycles. The van der Waals surface area contributed by atoms with E-state index in [-0.39, 0.29) is 16.7 Å². The van der Waals surface area contributed by atoms with Gasteiger partial charge in [0.25, 0.3) is 11.8 Å². The molecule has 0 bridgehead atoms. The molecule has 146 valence electrons. The van der Waals surface area contributed by atoms with Crippen molar-refractivity contribution in [3.05, 3.63) is 70.8 Å². The zero-order chi connectivity index (χ0) is 19.7. The zero-order valence-electron chi connectivity index (χ0n) is 16.5. The largest absolute Gasteiger partial charge is 0.338 e. The Hall–Kier alpha value is -2.27. The summed E-state index contributed by atoms with van der Waals surface area (Å²) in [6, 6.07) is 15.6. The van der Waals surface area contributed by atoms with Crippen LogP contribution in [0.2, 0.25) is 0 Å². The standard InChI is InChI=1S/C23H26N2O2S/c1-17-7-3-5-9-19(17)21(26)24-13-11-23(12-14-24)25(15-16-28-23)22(27)20-10-6-4-8-18(20)2/h3-10H,11-16H2,1-2H3.